The van der Waals surface area contributed by atoms with Crippen LogP contribution in [-0.2, 0) is 9.47 Å². The van der Waals surface area contributed by atoms with Crippen molar-refractivity contribution in [2.75, 3.05) is 26.9 Å². The third-order valence-corrected chi connectivity index (χ3v) is 2.95. The third-order valence-electron chi connectivity index (χ3n) is 2.95. The van der Waals surface area contributed by atoms with Crippen molar-refractivity contribution in [3.63, 3.8) is 0 Å². The van der Waals surface area contributed by atoms with Crippen molar-refractivity contribution in [1.29, 1.82) is 0 Å². The molecule has 1 rings (SSSR count). The fourth-order valence-electron chi connectivity index (χ4n) is 1.88. The zero-order valence-corrected chi connectivity index (χ0v) is 10.9. The summed E-state index contributed by atoms with van der Waals surface area (Å²) >= 11 is 0. The molecule has 0 saturated carbocycles. The van der Waals surface area contributed by atoms with Crippen molar-refractivity contribution in [2.45, 2.75) is 32.4 Å². The largest absolute Gasteiger partial charge is 0.383 e. The molecule has 0 aromatic carbocycles. The highest BCUT2D eigenvalue weighted by atomic mass is 16.5. The van der Waals surface area contributed by atoms with Crippen molar-refractivity contribution >= 4 is 5.96 Å². The van der Waals surface area contributed by atoms with Crippen molar-refractivity contribution in [3.8, 4) is 0 Å². The number of nitrogens with two attached hydrogens (primary N) is 1. The van der Waals surface area contributed by atoms with Crippen LogP contribution in [0.2, 0.25) is 0 Å². The van der Waals surface area contributed by atoms with E-state index in [-0.39, 0.29) is 12.1 Å². The van der Waals surface area contributed by atoms with Gasteiger partial charge in [0.2, 0.25) is 5.96 Å². The number of nitrogens with one attached hydrogen (secondary N) is 2. The van der Waals surface area contributed by atoms with E-state index >= 15 is 0 Å². The van der Waals surface area contributed by atoms with E-state index in [1.165, 1.54) is 0 Å². The molecule has 0 spiro atoms. The molecule has 3 atom stereocenters. The molecule has 0 bridgehead atoms. The fourth-order valence-corrected chi connectivity index (χ4v) is 1.88. The van der Waals surface area contributed by atoms with E-state index in [1.807, 2.05) is 6.92 Å². The maximum atomic E-state index is 5.49. The summed E-state index contributed by atoms with van der Waals surface area (Å²) in [6.07, 6.45) is 1.35. The minimum Gasteiger partial charge on any atom is -0.383 e. The van der Waals surface area contributed by atoms with E-state index in [0.29, 0.717) is 18.5 Å². The van der Waals surface area contributed by atoms with Crippen molar-refractivity contribution in [3.05, 3.63) is 0 Å². The molecule has 0 radical (unpaired) electrons. The van der Waals surface area contributed by atoms with E-state index in [0.717, 1.165) is 19.6 Å². The van der Waals surface area contributed by atoms with Gasteiger partial charge in [-0.05, 0) is 20.3 Å². The molecule has 0 aromatic rings. The zero-order chi connectivity index (χ0) is 12.7. The Balaban J connectivity index is 2.37. The Morgan fingerprint density at radius 3 is 2.94 bits per heavy atom. The lowest BCUT2D eigenvalue weighted by atomic mass is 10.0. The normalized spacial score (nSPS) is 26.9. The lowest BCUT2D eigenvalue weighted by Gasteiger charge is -2.17. The van der Waals surface area contributed by atoms with Crippen LogP contribution in [0.25, 0.3) is 0 Å². The van der Waals surface area contributed by atoms with Crippen LogP contribution in [0.15, 0.2) is 4.99 Å². The van der Waals surface area contributed by atoms with Gasteiger partial charge in [-0.3, -0.25) is 10.4 Å². The van der Waals surface area contributed by atoms with Crippen LogP contribution < -0.4 is 16.6 Å². The van der Waals surface area contributed by atoms with Gasteiger partial charge in [0.1, 0.15) is 0 Å². The van der Waals surface area contributed by atoms with Crippen LogP contribution in [0.3, 0.4) is 0 Å². The molecule has 1 aliphatic heterocycles. The van der Waals surface area contributed by atoms with E-state index < -0.39 is 0 Å². The van der Waals surface area contributed by atoms with Crippen LogP contribution in [-0.4, -0.2) is 45.0 Å². The minimum absolute atomic E-state index is 0.173. The molecule has 4 N–H and O–H groups in total. The summed E-state index contributed by atoms with van der Waals surface area (Å²) in [4.78, 5) is 4.43. The Labute approximate surface area is 103 Å². The van der Waals surface area contributed by atoms with E-state index in [2.05, 4.69) is 22.7 Å². The minimum atomic E-state index is 0.173. The maximum absolute atomic E-state index is 5.49. The number of nitrogens with zero attached hydrogens (tertiary/aromatic N) is 1. The predicted molar refractivity (Wildman–Crippen MR) is 67.6 cm³/mol. The van der Waals surface area contributed by atoms with Crippen LogP contribution in [0.1, 0.15) is 20.3 Å². The highest BCUT2D eigenvalue weighted by Crippen LogP contribution is 2.20. The van der Waals surface area contributed by atoms with Gasteiger partial charge in [0, 0.05) is 32.2 Å². The number of rotatable bonds is 5. The Bertz CT molecular complexity index is 248. The summed E-state index contributed by atoms with van der Waals surface area (Å²) in [6, 6.07) is 0.173. The van der Waals surface area contributed by atoms with Crippen molar-refractivity contribution in [1.82, 2.24) is 10.7 Å². The first-order valence-corrected chi connectivity index (χ1v) is 6.05. The first kappa shape index (κ1) is 14.2. The molecule has 1 heterocycles. The molecule has 0 aromatic heterocycles. The summed E-state index contributed by atoms with van der Waals surface area (Å²) in [5.74, 6) is 6.51. The molecule has 100 valence electrons. The summed E-state index contributed by atoms with van der Waals surface area (Å²) < 4.78 is 10.5. The predicted octanol–water partition coefficient (Wildman–Crippen LogP) is -0.145. The Morgan fingerprint density at radius 2 is 2.41 bits per heavy atom. The zero-order valence-electron chi connectivity index (χ0n) is 10.9. The number of aliphatic imine (C=N–C) groups is 1. The van der Waals surface area contributed by atoms with E-state index in [9.17, 15) is 0 Å². The molecule has 6 nitrogen and oxygen atoms in total. The third kappa shape index (κ3) is 4.89. The summed E-state index contributed by atoms with van der Waals surface area (Å²) in [7, 11) is 1.67. The number of hydrogen-bond donors (Lipinski definition) is 3. The Morgan fingerprint density at radius 1 is 1.65 bits per heavy atom. The molecule has 0 amide bonds. The second-order valence-electron chi connectivity index (χ2n) is 4.46. The van der Waals surface area contributed by atoms with E-state index in [1.54, 1.807) is 7.11 Å². The number of ether oxygens (including phenoxy) is 2. The lowest BCUT2D eigenvalue weighted by molar-refractivity contribution is 0.107. The van der Waals surface area contributed by atoms with Gasteiger partial charge in [-0.1, -0.05) is 0 Å². The average molecular weight is 244 g/mol. The lowest BCUT2D eigenvalue weighted by Crippen LogP contribution is -2.47. The molecule has 1 fully saturated rings. The van der Waals surface area contributed by atoms with Crippen molar-refractivity contribution < 1.29 is 9.47 Å². The number of hydrogen-bond acceptors (Lipinski definition) is 4. The van der Waals surface area contributed by atoms with Crippen LogP contribution in [0, 0.1) is 5.92 Å². The first-order valence-electron chi connectivity index (χ1n) is 6.05. The molecule has 1 saturated heterocycles. The van der Waals surface area contributed by atoms with Gasteiger partial charge in [0.15, 0.2) is 0 Å². The molecular weight excluding hydrogens is 220 g/mol. The maximum Gasteiger partial charge on any atom is 0.206 e. The van der Waals surface area contributed by atoms with Crippen LogP contribution >= 0.6 is 0 Å². The summed E-state index contributed by atoms with van der Waals surface area (Å²) in [5.41, 5.74) is 2.57. The second kappa shape index (κ2) is 7.47. The molecule has 3 unspecified atom stereocenters. The molecule has 6 heteroatoms. The number of hydrazine groups is 1. The molecular formula is C11H24N4O2. The quantitative estimate of drug-likeness (QED) is 0.271. The van der Waals surface area contributed by atoms with Crippen LogP contribution in [0.5, 0.6) is 0 Å². The molecule has 0 aliphatic carbocycles. The van der Waals surface area contributed by atoms with Crippen molar-refractivity contribution in [2.24, 2.45) is 16.8 Å². The smallest absolute Gasteiger partial charge is 0.206 e. The van der Waals surface area contributed by atoms with Gasteiger partial charge in [-0.2, -0.15) is 0 Å². The first-order chi connectivity index (χ1) is 8.17. The van der Waals surface area contributed by atoms with Gasteiger partial charge in [0.05, 0.1) is 12.7 Å². The van der Waals surface area contributed by atoms with E-state index in [4.69, 9.17) is 15.3 Å². The monoisotopic (exact) mass is 244 g/mol. The SMILES string of the molecule is COCC(C)NC(=NCC1CCOC1C)NN. The second-order valence-corrected chi connectivity index (χ2v) is 4.46. The molecule has 1 aliphatic rings. The van der Waals surface area contributed by atoms with Gasteiger partial charge < -0.3 is 14.8 Å². The average Bonchev–Trinajstić information content (AvgIpc) is 2.70. The highest BCUT2D eigenvalue weighted by Gasteiger charge is 2.23. The highest BCUT2D eigenvalue weighted by molar-refractivity contribution is 5.79. The summed E-state index contributed by atoms with van der Waals surface area (Å²) in [5, 5.41) is 3.15. The Kier molecular flexibility index (Phi) is 6.25. The molecule has 17 heavy (non-hydrogen) atoms. The number of guanidine groups is 1. The Hall–Kier alpha value is -0.850. The fraction of sp³-hybridized carbons (Fsp3) is 0.909. The van der Waals surface area contributed by atoms with Gasteiger partial charge in [0.25, 0.3) is 0 Å². The summed E-state index contributed by atoms with van der Waals surface area (Å²) in [6.45, 7) is 6.28. The van der Waals surface area contributed by atoms with Gasteiger partial charge >= 0.3 is 0 Å². The number of methoxy groups -OCH3 is 1. The van der Waals surface area contributed by atoms with Crippen LogP contribution in [0.4, 0.5) is 0 Å². The topological polar surface area (TPSA) is 80.9 Å². The standard InChI is InChI=1S/C11H24N4O2/c1-8(7-16-3)14-11(15-12)13-6-10-4-5-17-9(10)2/h8-10H,4-7,12H2,1-3H3,(H2,13,14,15). The van der Waals surface area contributed by atoms with Gasteiger partial charge in [-0.15, -0.1) is 0 Å². The van der Waals surface area contributed by atoms with Gasteiger partial charge in [-0.25, -0.2) is 5.84 Å².